The molecule has 4 atom stereocenters. The fraction of sp³-hybridized carbons (Fsp3) is 0.280. The van der Waals surface area contributed by atoms with Gasteiger partial charge >= 0.3 is 11.9 Å². The van der Waals surface area contributed by atoms with E-state index in [-0.39, 0.29) is 45.8 Å². The maximum Gasteiger partial charge on any atom is 0.360 e. The molecule has 0 radical (unpaired) electrons. The molecule has 120 heavy (non-hydrogen) atoms. The minimum Gasteiger partial charge on any atom is -0.497 e. The first kappa shape index (κ1) is 88.8. The summed E-state index contributed by atoms with van der Waals surface area (Å²) in [6.45, 7) is 41.0. The van der Waals surface area contributed by atoms with E-state index in [4.69, 9.17) is 64.2 Å². The minimum atomic E-state index is -0.495. The molecule has 0 spiro atoms. The highest BCUT2D eigenvalue weighted by Gasteiger charge is 2.38. The Morgan fingerprint density at radius 2 is 0.717 bits per heavy atom. The van der Waals surface area contributed by atoms with Crippen molar-refractivity contribution < 1.29 is 47.3 Å². The number of rotatable bonds is 30. The molecule has 13 aromatic rings. The highest BCUT2D eigenvalue weighted by Crippen LogP contribution is 2.43. The third-order valence-electron chi connectivity index (χ3n) is 22.5. The van der Waals surface area contributed by atoms with Crippen molar-refractivity contribution in [1.29, 1.82) is 0 Å². The van der Waals surface area contributed by atoms with Gasteiger partial charge in [0.2, 0.25) is 0 Å². The largest absolute Gasteiger partial charge is 0.497 e. The van der Waals surface area contributed by atoms with Crippen molar-refractivity contribution in [3.8, 4) is 34.3 Å². The lowest BCUT2D eigenvalue weighted by Crippen LogP contribution is -2.31. The number of hydrogen-bond donors (Lipinski definition) is 0. The Morgan fingerprint density at radius 1 is 0.400 bits per heavy atom. The summed E-state index contributed by atoms with van der Waals surface area (Å²) in [6.07, 6.45) is 14.1. The molecule has 4 aromatic carbocycles. The first-order valence-electron chi connectivity index (χ1n) is 40.1. The number of methoxy groups -OCH3 is 2. The zero-order valence-electron chi connectivity index (χ0n) is 71.1. The van der Waals surface area contributed by atoms with E-state index in [2.05, 4.69) is 150 Å². The highest BCUT2D eigenvalue weighted by atomic mass is 16.5. The molecule has 0 amide bonds. The van der Waals surface area contributed by atoms with Gasteiger partial charge in [-0.05, 0) is 190 Å². The minimum absolute atomic E-state index is 0.160. The molecule has 0 aliphatic heterocycles. The molecule has 0 saturated heterocycles. The SMILES string of the molecule is C=C(OC)c1ccc(C(C)(c2ccc(OCc3ccccn3)cn2)C(C)C)cc1.CCOC(=O)c1cc(-c2ccc(C(C)(c3ccc(OCc4ccccn4)cn3)C(C)C)cc2)on1.COC(=O)c1ccc(C(C)(c2ccc(OCc3ccccn3)cn2)C(C)C)cc1.[C-]#[N+]c1ccc(C(C)(c2ccc(OCc3ccccn3)cn2)C(C)C)cc1. The van der Waals surface area contributed by atoms with Crippen LogP contribution in [0.4, 0.5) is 5.69 Å². The smallest absolute Gasteiger partial charge is 0.360 e. The van der Waals surface area contributed by atoms with Gasteiger partial charge < -0.3 is 37.7 Å². The van der Waals surface area contributed by atoms with Crippen LogP contribution in [0.2, 0.25) is 0 Å². The lowest BCUT2D eigenvalue weighted by molar-refractivity contribution is 0.0513. The van der Waals surface area contributed by atoms with E-state index in [1.165, 1.54) is 12.7 Å². The van der Waals surface area contributed by atoms with Gasteiger partial charge in [-0.15, -0.1) is 0 Å². The zero-order valence-corrected chi connectivity index (χ0v) is 71.1. The molecular formula is C100H106N10O10. The monoisotopic (exact) mass is 1610 g/mol. The number of esters is 2. The van der Waals surface area contributed by atoms with E-state index >= 15 is 0 Å². The molecule has 0 fully saturated rings. The maximum absolute atomic E-state index is 11.9. The normalized spacial score (nSPS) is 12.9. The van der Waals surface area contributed by atoms with Crippen molar-refractivity contribution in [3.05, 3.63) is 377 Å². The summed E-state index contributed by atoms with van der Waals surface area (Å²) in [7, 11) is 3.02. The van der Waals surface area contributed by atoms with Gasteiger partial charge in [0.05, 0.1) is 103 Å². The van der Waals surface area contributed by atoms with Crippen molar-refractivity contribution in [1.82, 2.24) is 45.0 Å². The van der Waals surface area contributed by atoms with Gasteiger partial charge in [0.25, 0.3) is 0 Å². The summed E-state index contributed by atoms with van der Waals surface area (Å²) >= 11 is 0. The molecule has 20 heteroatoms. The van der Waals surface area contributed by atoms with Crippen LogP contribution in [0, 0.1) is 30.2 Å². The summed E-state index contributed by atoms with van der Waals surface area (Å²) in [5.41, 5.74) is 14.0. The van der Waals surface area contributed by atoms with Gasteiger partial charge in [-0.1, -0.05) is 176 Å². The average molecular weight is 1610 g/mol. The first-order chi connectivity index (χ1) is 57.8. The molecule has 9 aromatic heterocycles. The van der Waals surface area contributed by atoms with Gasteiger partial charge in [-0.2, -0.15) is 0 Å². The third-order valence-corrected chi connectivity index (χ3v) is 22.5. The van der Waals surface area contributed by atoms with Crippen LogP contribution in [0.1, 0.15) is 184 Å². The summed E-state index contributed by atoms with van der Waals surface area (Å²) < 4.78 is 43.7. The molecule has 4 unspecified atom stereocenters. The van der Waals surface area contributed by atoms with Crippen LogP contribution in [-0.4, -0.2) is 77.8 Å². The molecule has 0 aliphatic rings. The predicted molar refractivity (Wildman–Crippen MR) is 467 cm³/mol. The number of pyridine rings is 8. The van der Waals surface area contributed by atoms with Crippen molar-refractivity contribution >= 4 is 23.4 Å². The van der Waals surface area contributed by atoms with Gasteiger partial charge in [0.15, 0.2) is 17.1 Å². The van der Waals surface area contributed by atoms with Crippen LogP contribution >= 0.6 is 0 Å². The van der Waals surface area contributed by atoms with Crippen molar-refractivity contribution in [3.63, 3.8) is 0 Å². The quantitative estimate of drug-likeness (QED) is 0.0231. The van der Waals surface area contributed by atoms with Crippen molar-refractivity contribution in [2.75, 3.05) is 20.8 Å². The molecule has 0 aliphatic carbocycles. The standard InChI is InChI=1S/C28H29N3O4.C25H28N2O2.C24H26N2O3.C23H23N3O/c1-5-33-27(32)24-16-25(35-31-24)20-9-11-21(12-10-20)28(4,19(2)3)26-14-13-23(17-30-26)34-18-22-8-6-7-15-29-22;1-18(2)25(4,21-11-9-20(10-12-21)19(3)28-5)24-14-13-23(16-27-24)29-17-22-8-6-7-15-26-22;1-17(2)24(3,19-10-8-18(9-11-19)23(27)28-4)22-13-12-21(15-26-22)29-16-20-7-5-6-14-25-20;1-17(2)23(3,18-8-10-19(24-4)11-9-18)22-13-12-21(15-26-22)27-16-20-7-5-6-14-25-20/h6-17,19H,5,18H2,1-4H3;6-16,18H,3,17H2,1-2,4-5H3;5-15,17H,16H2,1-4H3;5-15,17H,16H2,1-3H3. The number of aromatic nitrogens is 9. The lowest BCUT2D eigenvalue weighted by atomic mass is 9.70. The van der Waals surface area contributed by atoms with E-state index in [1.54, 1.807) is 81.8 Å². The Hall–Kier alpha value is -13.5. The molecule has 616 valence electrons. The third kappa shape index (κ3) is 22.2. The molecule has 0 saturated carbocycles. The summed E-state index contributed by atoms with van der Waals surface area (Å²) in [5.74, 6) is 4.46. The van der Waals surface area contributed by atoms with Crippen LogP contribution < -0.4 is 18.9 Å². The predicted octanol–water partition coefficient (Wildman–Crippen LogP) is 21.9. The number of benzene rings is 4. The molecular weight excluding hydrogens is 1500 g/mol. The Labute approximate surface area is 705 Å². The molecule has 20 nitrogen and oxygen atoms in total. The van der Waals surface area contributed by atoms with Gasteiger partial charge in [0.1, 0.15) is 55.2 Å². The highest BCUT2D eigenvalue weighted by molar-refractivity contribution is 5.89. The second-order valence-corrected chi connectivity index (χ2v) is 30.7. The van der Waals surface area contributed by atoms with Crippen LogP contribution in [0.5, 0.6) is 23.0 Å². The van der Waals surface area contributed by atoms with Gasteiger partial charge in [-0.3, -0.25) is 39.9 Å². The Bertz CT molecular complexity index is 5230. The van der Waals surface area contributed by atoms with Crippen molar-refractivity contribution in [2.24, 2.45) is 23.7 Å². The Kier molecular flexibility index (Phi) is 31.1. The number of ether oxygens (including phenoxy) is 7. The summed E-state index contributed by atoms with van der Waals surface area (Å²) in [5, 5.41) is 3.83. The topological polar surface area (TPSA) is 232 Å². The summed E-state index contributed by atoms with van der Waals surface area (Å²) in [4.78, 5) is 63.1. The number of carbonyl (C=O) groups excluding carboxylic acids is 2. The second kappa shape index (κ2) is 42.0. The van der Waals surface area contributed by atoms with Crippen LogP contribution in [-0.2, 0) is 62.3 Å². The van der Waals surface area contributed by atoms with Crippen LogP contribution in [0.25, 0.3) is 21.9 Å². The Balaban J connectivity index is 0.000000169. The van der Waals surface area contributed by atoms with E-state index in [1.807, 2.05) is 176 Å². The van der Waals surface area contributed by atoms with Crippen LogP contribution in [0.15, 0.2) is 285 Å². The summed E-state index contributed by atoms with van der Waals surface area (Å²) in [6, 6.07) is 72.3. The first-order valence-corrected chi connectivity index (χ1v) is 40.1. The van der Waals surface area contributed by atoms with E-state index in [0.29, 0.717) is 78.5 Å². The van der Waals surface area contributed by atoms with Gasteiger partial charge in [0, 0.05) is 63.6 Å². The van der Waals surface area contributed by atoms with Crippen molar-refractivity contribution in [2.45, 2.75) is 138 Å². The molecule has 0 N–H and O–H groups in total. The second-order valence-electron chi connectivity index (χ2n) is 30.7. The number of carbonyl (C=O) groups is 2. The fourth-order valence-corrected chi connectivity index (χ4v) is 13.5. The number of hydrogen-bond acceptors (Lipinski definition) is 19. The lowest BCUT2D eigenvalue weighted by Gasteiger charge is -2.34. The number of nitrogens with zero attached hydrogens (tertiary/aromatic N) is 10. The average Bonchev–Trinajstić information content (AvgIpc) is 0.831. The van der Waals surface area contributed by atoms with E-state index in [9.17, 15) is 9.59 Å². The zero-order chi connectivity index (χ0) is 85.8. The Morgan fingerprint density at radius 3 is 0.983 bits per heavy atom. The maximum atomic E-state index is 11.9. The molecule has 9 heterocycles. The molecule has 13 rings (SSSR count). The fourth-order valence-electron chi connectivity index (χ4n) is 13.5. The van der Waals surface area contributed by atoms with E-state index in [0.717, 1.165) is 84.9 Å². The van der Waals surface area contributed by atoms with Crippen LogP contribution in [0.3, 0.4) is 0 Å². The van der Waals surface area contributed by atoms with Gasteiger partial charge in [-0.25, -0.2) is 14.4 Å². The van der Waals surface area contributed by atoms with E-state index < -0.39 is 5.97 Å². The molecule has 0 bridgehead atoms.